The van der Waals surface area contributed by atoms with E-state index in [-0.39, 0.29) is 16.5 Å². The summed E-state index contributed by atoms with van der Waals surface area (Å²) in [5.41, 5.74) is 0.703. The lowest BCUT2D eigenvalue weighted by Crippen LogP contribution is -2.12. The van der Waals surface area contributed by atoms with E-state index in [1.807, 2.05) is 0 Å². The summed E-state index contributed by atoms with van der Waals surface area (Å²) in [6.45, 7) is 3.43. The van der Waals surface area contributed by atoms with Crippen molar-refractivity contribution >= 4 is 29.2 Å². The third-order valence-electron chi connectivity index (χ3n) is 2.74. The quantitative estimate of drug-likeness (QED) is 0.907. The first-order valence-corrected chi connectivity index (χ1v) is 6.17. The molecule has 0 saturated heterocycles. The molecule has 2 N–H and O–H groups in total. The Morgan fingerprint density at radius 1 is 1.20 bits per heavy atom. The fourth-order valence-electron chi connectivity index (χ4n) is 1.82. The molecular formula is C14H12ClNO4. The van der Waals surface area contributed by atoms with Gasteiger partial charge in [0.1, 0.15) is 11.5 Å². The maximum Gasteiger partial charge on any atom is 0.337 e. The van der Waals surface area contributed by atoms with Crippen LogP contribution in [0.5, 0.6) is 0 Å². The van der Waals surface area contributed by atoms with Gasteiger partial charge in [-0.05, 0) is 38.1 Å². The molecule has 0 saturated carbocycles. The second-order valence-electron chi connectivity index (χ2n) is 4.28. The van der Waals surface area contributed by atoms with Crippen molar-refractivity contribution in [3.05, 3.63) is 51.9 Å². The topological polar surface area (TPSA) is 79.5 Å². The van der Waals surface area contributed by atoms with Gasteiger partial charge in [-0.15, -0.1) is 0 Å². The molecule has 0 radical (unpaired) electrons. The van der Waals surface area contributed by atoms with E-state index in [4.69, 9.17) is 21.1 Å². The minimum atomic E-state index is -1.15. The second-order valence-corrected chi connectivity index (χ2v) is 4.69. The van der Waals surface area contributed by atoms with Crippen LogP contribution in [0.2, 0.25) is 5.02 Å². The molecule has 2 rings (SSSR count). The van der Waals surface area contributed by atoms with Crippen LogP contribution in [-0.2, 0) is 0 Å². The zero-order valence-corrected chi connectivity index (χ0v) is 11.6. The molecule has 0 aliphatic heterocycles. The minimum absolute atomic E-state index is 0.0652. The molecule has 104 valence electrons. The number of hydrogen-bond acceptors (Lipinski definition) is 3. The lowest BCUT2D eigenvalue weighted by atomic mass is 10.2. The van der Waals surface area contributed by atoms with E-state index in [0.29, 0.717) is 22.8 Å². The molecule has 0 aliphatic rings. The number of amides is 1. The summed E-state index contributed by atoms with van der Waals surface area (Å²) in [5, 5.41) is 11.7. The Hall–Kier alpha value is -2.27. The van der Waals surface area contributed by atoms with E-state index >= 15 is 0 Å². The second kappa shape index (κ2) is 5.38. The molecule has 0 atom stereocenters. The van der Waals surface area contributed by atoms with Crippen LogP contribution in [0.15, 0.2) is 28.7 Å². The zero-order chi connectivity index (χ0) is 14.9. The van der Waals surface area contributed by atoms with Crippen molar-refractivity contribution in [2.75, 3.05) is 5.32 Å². The van der Waals surface area contributed by atoms with Crippen molar-refractivity contribution in [3.8, 4) is 0 Å². The van der Waals surface area contributed by atoms with Crippen LogP contribution in [-0.4, -0.2) is 17.0 Å². The highest BCUT2D eigenvalue weighted by Gasteiger charge is 2.15. The van der Waals surface area contributed by atoms with Gasteiger partial charge in [0.25, 0.3) is 5.91 Å². The lowest BCUT2D eigenvalue weighted by molar-refractivity contribution is 0.0696. The maximum absolute atomic E-state index is 12.1. The van der Waals surface area contributed by atoms with Crippen LogP contribution in [0.1, 0.15) is 32.2 Å². The van der Waals surface area contributed by atoms with E-state index in [2.05, 4.69) is 5.32 Å². The highest BCUT2D eigenvalue weighted by Crippen LogP contribution is 2.22. The van der Waals surface area contributed by atoms with Gasteiger partial charge in [0.15, 0.2) is 0 Å². The molecule has 1 heterocycles. The minimum Gasteiger partial charge on any atom is -0.478 e. The number of furan rings is 1. The van der Waals surface area contributed by atoms with Crippen LogP contribution in [0.3, 0.4) is 0 Å². The van der Waals surface area contributed by atoms with E-state index in [1.165, 1.54) is 18.2 Å². The molecule has 6 heteroatoms. The number of carboxylic acids is 1. The first-order chi connectivity index (χ1) is 9.38. The van der Waals surface area contributed by atoms with Crippen LogP contribution in [0.4, 0.5) is 5.69 Å². The van der Waals surface area contributed by atoms with E-state index in [0.717, 1.165) is 0 Å². The number of carbonyl (C=O) groups excluding carboxylic acids is 1. The van der Waals surface area contributed by atoms with Crippen LogP contribution < -0.4 is 5.32 Å². The normalized spacial score (nSPS) is 10.3. The van der Waals surface area contributed by atoms with Crippen LogP contribution in [0, 0.1) is 13.8 Å². The number of benzene rings is 1. The van der Waals surface area contributed by atoms with Crippen molar-refractivity contribution in [2.24, 2.45) is 0 Å². The Labute approximate surface area is 120 Å². The summed E-state index contributed by atoms with van der Waals surface area (Å²) in [6.07, 6.45) is 0. The Balaban J connectivity index is 2.26. The van der Waals surface area contributed by atoms with Gasteiger partial charge in [0.2, 0.25) is 0 Å². The molecule has 0 aliphatic carbocycles. The number of hydrogen-bond donors (Lipinski definition) is 2. The molecule has 0 fully saturated rings. The molecule has 0 unspecified atom stereocenters. The highest BCUT2D eigenvalue weighted by molar-refractivity contribution is 6.33. The number of aromatic carboxylic acids is 1. The third-order valence-corrected chi connectivity index (χ3v) is 3.07. The van der Waals surface area contributed by atoms with E-state index in [9.17, 15) is 9.59 Å². The molecule has 5 nitrogen and oxygen atoms in total. The Kier molecular flexibility index (Phi) is 3.81. The van der Waals surface area contributed by atoms with Crippen LogP contribution in [0.25, 0.3) is 0 Å². The number of carbonyl (C=O) groups is 2. The molecule has 20 heavy (non-hydrogen) atoms. The average molecular weight is 294 g/mol. The Morgan fingerprint density at radius 3 is 2.45 bits per heavy atom. The number of anilines is 1. The van der Waals surface area contributed by atoms with Crippen molar-refractivity contribution in [1.82, 2.24) is 0 Å². The number of nitrogens with one attached hydrogen (secondary N) is 1. The molecule has 0 spiro atoms. The fraction of sp³-hybridized carbons (Fsp3) is 0.143. The standard InChI is InChI=1S/C14H12ClNO4/c1-7-5-10(8(2)20-7)13(17)16-9-3-4-12(15)11(6-9)14(18)19/h3-6H,1-2H3,(H,16,17)(H,18,19). The van der Waals surface area contributed by atoms with E-state index in [1.54, 1.807) is 19.9 Å². The zero-order valence-electron chi connectivity index (χ0n) is 10.9. The SMILES string of the molecule is Cc1cc(C(=O)Nc2ccc(Cl)c(C(=O)O)c2)c(C)o1. The average Bonchev–Trinajstić information content (AvgIpc) is 2.70. The Bertz CT molecular complexity index is 690. The summed E-state index contributed by atoms with van der Waals surface area (Å²) in [4.78, 5) is 23.0. The summed E-state index contributed by atoms with van der Waals surface area (Å²) < 4.78 is 5.28. The highest BCUT2D eigenvalue weighted by atomic mass is 35.5. The van der Waals surface area contributed by atoms with Gasteiger partial charge in [0, 0.05) is 5.69 Å². The summed E-state index contributed by atoms with van der Waals surface area (Å²) >= 11 is 5.76. The summed E-state index contributed by atoms with van der Waals surface area (Å²) in [7, 11) is 0. The van der Waals surface area contributed by atoms with Gasteiger partial charge >= 0.3 is 5.97 Å². The predicted molar refractivity (Wildman–Crippen MR) is 74.5 cm³/mol. The van der Waals surface area contributed by atoms with Gasteiger partial charge in [-0.3, -0.25) is 4.79 Å². The number of aryl methyl sites for hydroxylation is 2. The largest absolute Gasteiger partial charge is 0.478 e. The van der Waals surface area contributed by atoms with Gasteiger partial charge in [0.05, 0.1) is 16.1 Å². The third kappa shape index (κ3) is 2.83. The fourth-order valence-corrected chi connectivity index (χ4v) is 2.02. The number of carboxylic acid groups (broad SMARTS) is 1. The molecule has 0 bridgehead atoms. The maximum atomic E-state index is 12.1. The van der Waals surface area contributed by atoms with Gasteiger partial charge in [-0.25, -0.2) is 4.79 Å². The van der Waals surface area contributed by atoms with Gasteiger partial charge < -0.3 is 14.8 Å². The summed E-state index contributed by atoms with van der Waals surface area (Å²) in [5.74, 6) is -0.373. The predicted octanol–water partition coefficient (Wildman–Crippen LogP) is 3.50. The first kappa shape index (κ1) is 14.1. The molecule has 1 aromatic carbocycles. The Morgan fingerprint density at radius 2 is 1.90 bits per heavy atom. The van der Waals surface area contributed by atoms with Crippen molar-refractivity contribution in [3.63, 3.8) is 0 Å². The first-order valence-electron chi connectivity index (χ1n) is 5.79. The van der Waals surface area contributed by atoms with Gasteiger partial charge in [-0.2, -0.15) is 0 Å². The number of rotatable bonds is 3. The number of halogens is 1. The van der Waals surface area contributed by atoms with E-state index < -0.39 is 5.97 Å². The smallest absolute Gasteiger partial charge is 0.337 e. The van der Waals surface area contributed by atoms with Crippen molar-refractivity contribution < 1.29 is 19.1 Å². The molecule has 1 amide bonds. The molecular weight excluding hydrogens is 282 g/mol. The van der Waals surface area contributed by atoms with Crippen LogP contribution >= 0.6 is 11.6 Å². The van der Waals surface area contributed by atoms with Crippen molar-refractivity contribution in [2.45, 2.75) is 13.8 Å². The lowest BCUT2D eigenvalue weighted by Gasteiger charge is -2.06. The molecule has 2 aromatic rings. The van der Waals surface area contributed by atoms with Crippen molar-refractivity contribution in [1.29, 1.82) is 0 Å². The monoisotopic (exact) mass is 293 g/mol. The van der Waals surface area contributed by atoms with Gasteiger partial charge in [-0.1, -0.05) is 11.6 Å². The summed E-state index contributed by atoms with van der Waals surface area (Å²) in [6, 6.07) is 5.90. The molecule has 1 aromatic heterocycles.